The predicted molar refractivity (Wildman–Crippen MR) is 122 cm³/mol. The summed E-state index contributed by atoms with van der Waals surface area (Å²) in [5.41, 5.74) is 3.05. The third kappa shape index (κ3) is 6.46. The van der Waals surface area contributed by atoms with Gasteiger partial charge in [0.1, 0.15) is 18.9 Å². The second kappa shape index (κ2) is 10.3. The SMILES string of the molecule is Cc1cccc(COc2ccc(/C=C3\SC(=O)N(CC(=O)NCC(C)C)C3=O)cc2)c1. The normalized spacial score (nSPS) is 15.1. The van der Waals surface area contributed by atoms with Gasteiger partial charge in [0.05, 0.1) is 4.91 Å². The molecule has 7 heteroatoms. The Kier molecular flexibility index (Phi) is 7.52. The van der Waals surface area contributed by atoms with Crippen molar-refractivity contribution >= 4 is 34.9 Å². The molecule has 2 aromatic rings. The van der Waals surface area contributed by atoms with Crippen LogP contribution in [0.1, 0.15) is 30.5 Å². The van der Waals surface area contributed by atoms with Gasteiger partial charge in [0.15, 0.2) is 0 Å². The number of nitrogens with zero attached hydrogens (tertiary/aromatic N) is 1. The minimum atomic E-state index is -0.450. The number of carbonyl (C=O) groups is 3. The highest BCUT2D eigenvalue weighted by atomic mass is 32.2. The highest BCUT2D eigenvalue weighted by Crippen LogP contribution is 2.32. The molecule has 0 aromatic heterocycles. The smallest absolute Gasteiger partial charge is 0.294 e. The van der Waals surface area contributed by atoms with Crippen molar-refractivity contribution in [2.45, 2.75) is 27.4 Å². The van der Waals surface area contributed by atoms with Gasteiger partial charge in [-0.15, -0.1) is 0 Å². The van der Waals surface area contributed by atoms with E-state index in [1.54, 1.807) is 6.08 Å². The fourth-order valence-electron chi connectivity index (χ4n) is 2.93. The third-order valence-electron chi connectivity index (χ3n) is 4.55. The molecule has 0 saturated carbocycles. The van der Waals surface area contributed by atoms with Crippen molar-refractivity contribution in [3.8, 4) is 5.75 Å². The van der Waals surface area contributed by atoms with Gasteiger partial charge in [0.2, 0.25) is 5.91 Å². The van der Waals surface area contributed by atoms with Crippen LogP contribution in [-0.4, -0.2) is 35.0 Å². The molecule has 0 bridgehead atoms. The maximum Gasteiger partial charge on any atom is 0.294 e. The van der Waals surface area contributed by atoms with Crippen LogP contribution in [0, 0.1) is 12.8 Å². The average molecular weight is 439 g/mol. The second-order valence-electron chi connectivity index (χ2n) is 7.81. The van der Waals surface area contributed by atoms with Crippen molar-refractivity contribution in [1.29, 1.82) is 0 Å². The zero-order chi connectivity index (χ0) is 22.4. The van der Waals surface area contributed by atoms with Crippen molar-refractivity contribution in [2.24, 2.45) is 5.92 Å². The van der Waals surface area contributed by atoms with E-state index in [0.717, 1.165) is 27.8 Å². The van der Waals surface area contributed by atoms with E-state index in [9.17, 15) is 14.4 Å². The average Bonchev–Trinajstić information content (AvgIpc) is 2.99. The predicted octanol–water partition coefficient (Wildman–Crippen LogP) is 4.38. The Balaban J connectivity index is 1.59. The van der Waals surface area contributed by atoms with Gasteiger partial charge in [-0.25, -0.2) is 0 Å². The molecule has 31 heavy (non-hydrogen) atoms. The summed E-state index contributed by atoms with van der Waals surface area (Å²) in [5.74, 6) is 0.220. The number of nitrogens with one attached hydrogen (secondary N) is 1. The summed E-state index contributed by atoms with van der Waals surface area (Å²) < 4.78 is 5.81. The zero-order valence-electron chi connectivity index (χ0n) is 17.9. The number of aryl methyl sites for hydroxylation is 1. The fourth-order valence-corrected chi connectivity index (χ4v) is 3.77. The topological polar surface area (TPSA) is 75.7 Å². The molecule has 0 atom stereocenters. The number of hydrogen-bond acceptors (Lipinski definition) is 5. The molecule has 2 aromatic carbocycles. The molecule has 3 rings (SSSR count). The van der Waals surface area contributed by atoms with Crippen molar-refractivity contribution in [3.63, 3.8) is 0 Å². The van der Waals surface area contributed by atoms with Crippen LogP contribution < -0.4 is 10.1 Å². The Morgan fingerprint density at radius 1 is 1.16 bits per heavy atom. The number of imide groups is 1. The van der Waals surface area contributed by atoms with Crippen LogP contribution in [0.15, 0.2) is 53.4 Å². The Hall–Kier alpha value is -3.06. The monoisotopic (exact) mass is 438 g/mol. The molecule has 3 amide bonds. The van der Waals surface area contributed by atoms with Gasteiger partial charge < -0.3 is 10.1 Å². The molecule has 1 fully saturated rings. The molecule has 6 nitrogen and oxygen atoms in total. The maximum atomic E-state index is 12.6. The van der Waals surface area contributed by atoms with Crippen LogP contribution in [-0.2, 0) is 16.2 Å². The molecule has 1 aliphatic heterocycles. The summed E-state index contributed by atoms with van der Waals surface area (Å²) in [6.07, 6.45) is 1.65. The standard InChI is InChI=1S/C24H26N2O4S/c1-16(2)13-25-22(27)14-26-23(28)21(31-24(26)29)12-18-7-9-20(10-8-18)30-15-19-6-4-5-17(3)11-19/h4-12,16H,13-15H2,1-3H3,(H,25,27)/b21-12-. The molecular weight excluding hydrogens is 412 g/mol. The molecule has 1 saturated heterocycles. The van der Waals surface area contributed by atoms with Crippen molar-refractivity contribution in [3.05, 3.63) is 70.1 Å². The van der Waals surface area contributed by atoms with Crippen LogP contribution in [0.3, 0.4) is 0 Å². The van der Waals surface area contributed by atoms with Crippen LogP contribution in [0.4, 0.5) is 4.79 Å². The number of ether oxygens (including phenoxy) is 1. The van der Waals surface area contributed by atoms with E-state index in [1.165, 1.54) is 5.56 Å². The zero-order valence-corrected chi connectivity index (χ0v) is 18.7. The van der Waals surface area contributed by atoms with E-state index < -0.39 is 11.1 Å². The van der Waals surface area contributed by atoms with Gasteiger partial charge in [-0.3, -0.25) is 19.3 Å². The lowest BCUT2D eigenvalue weighted by atomic mass is 10.1. The van der Waals surface area contributed by atoms with Crippen molar-refractivity contribution in [2.75, 3.05) is 13.1 Å². The molecule has 0 aliphatic carbocycles. The van der Waals surface area contributed by atoms with Crippen LogP contribution >= 0.6 is 11.8 Å². The Labute approximate surface area is 186 Å². The molecule has 0 unspecified atom stereocenters. The molecular formula is C24H26N2O4S. The molecule has 1 N–H and O–H groups in total. The van der Waals surface area contributed by atoms with Gasteiger partial charge in [-0.1, -0.05) is 55.8 Å². The lowest BCUT2D eigenvalue weighted by molar-refractivity contribution is -0.129. The first-order valence-electron chi connectivity index (χ1n) is 10.1. The van der Waals surface area contributed by atoms with E-state index in [-0.39, 0.29) is 12.5 Å². The number of benzene rings is 2. The van der Waals surface area contributed by atoms with Crippen LogP contribution in [0.2, 0.25) is 0 Å². The quantitative estimate of drug-likeness (QED) is 0.619. The first kappa shape index (κ1) is 22.6. The number of carbonyl (C=O) groups excluding carboxylic acids is 3. The van der Waals surface area contributed by atoms with Crippen molar-refractivity contribution in [1.82, 2.24) is 10.2 Å². The van der Waals surface area contributed by atoms with Crippen LogP contribution in [0.5, 0.6) is 5.75 Å². The Bertz CT molecular complexity index is 999. The molecule has 1 heterocycles. The number of amides is 3. The summed E-state index contributed by atoms with van der Waals surface area (Å²) in [4.78, 5) is 38.0. The maximum absolute atomic E-state index is 12.6. The van der Waals surface area contributed by atoms with E-state index in [0.29, 0.717) is 29.7 Å². The Morgan fingerprint density at radius 3 is 2.58 bits per heavy atom. The first-order valence-corrected chi connectivity index (χ1v) is 10.9. The van der Waals surface area contributed by atoms with Crippen molar-refractivity contribution < 1.29 is 19.1 Å². The van der Waals surface area contributed by atoms with E-state index in [2.05, 4.69) is 11.4 Å². The largest absolute Gasteiger partial charge is 0.489 e. The summed E-state index contributed by atoms with van der Waals surface area (Å²) in [6.45, 7) is 6.70. The lowest BCUT2D eigenvalue weighted by Gasteiger charge is -2.13. The molecule has 0 radical (unpaired) electrons. The van der Waals surface area contributed by atoms with Gasteiger partial charge >= 0.3 is 0 Å². The number of thioether (sulfide) groups is 1. The third-order valence-corrected chi connectivity index (χ3v) is 5.46. The summed E-state index contributed by atoms with van der Waals surface area (Å²) in [6, 6.07) is 15.4. The highest BCUT2D eigenvalue weighted by molar-refractivity contribution is 8.18. The second-order valence-corrected chi connectivity index (χ2v) is 8.81. The minimum absolute atomic E-state index is 0.263. The molecule has 0 spiro atoms. The van der Waals surface area contributed by atoms with Gasteiger partial charge in [-0.05, 0) is 53.9 Å². The minimum Gasteiger partial charge on any atom is -0.489 e. The molecule has 1 aliphatic rings. The highest BCUT2D eigenvalue weighted by Gasteiger charge is 2.36. The number of hydrogen-bond donors (Lipinski definition) is 1. The number of rotatable bonds is 8. The van der Waals surface area contributed by atoms with Gasteiger partial charge in [0.25, 0.3) is 11.1 Å². The van der Waals surface area contributed by atoms with E-state index in [1.807, 2.05) is 63.2 Å². The van der Waals surface area contributed by atoms with E-state index >= 15 is 0 Å². The van der Waals surface area contributed by atoms with E-state index in [4.69, 9.17) is 4.74 Å². The van der Waals surface area contributed by atoms with Crippen LogP contribution in [0.25, 0.3) is 6.08 Å². The van der Waals surface area contributed by atoms with Gasteiger partial charge in [0, 0.05) is 6.54 Å². The lowest BCUT2D eigenvalue weighted by Crippen LogP contribution is -2.40. The molecule has 162 valence electrons. The fraction of sp³-hybridized carbons (Fsp3) is 0.292. The summed E-state index contributed by atoms with van der Waals surface area (Å²) in [7, 11) is 0. The van der Waals surface area contributed by atoms with Gasteiger partial charge in [-0.2, -0.15) is 0 Å². The summed E-state index contributed by atoms with van der Waals surface area (Å²) >= 11 is 0.843. The first-order chi connectivity index (χ1) is 14.8. The Morgan fingerprint density at radius 2 is 1.90 bits per heavy atom. The summed E-state index contributed by atoms with van der Waals surface area (Å²) in [5, 5.41) is 2.28.